The van der Waals surface area contributed by atoms with Crippen molar-refractivity contribution in [3.05, 3.63) is 54.2 Å². The van der Waals surface area contributed by atoms with Gasteiger partial charge < -0.3 is 18.9 Å². The van der Waals surface area contributed by atoms with E-state index in [1.165, 1.54) is 13.2 Å². The number of hydrogen-bond donors (Lipinski definition) is 0. The van der Waals surface area contributed by atoms with Crippen molar-refractivity contribution in [3.63, 3.8) is 0 Å². The number of methoxy groups -OCH3 is 2. The Morgan fingerprint density at radius 2 is 2.00 bits per heavy atom. The molecule has 7 nitrogen and oxygen atoms in total. The van der Waals surface area contributed by atoms with E-state index in [0.29, 0.717) is 29.6 Å². The third-order valence-corrected chi connectivity index (χ3v) is 4.71. The van der Waals surface area contributed by atoms with Gasteiger partial charge in [-0.1, -0.05) is 17.3 Å². The number of aromatic nitrogens is 2. The van der Waals surface area contributed by atoms with E-state index >= 15 is 0 Å². The van der Waals surface area contributed by atoms with Crippen LogP contribution in [0.25, 0.3) is 11.4 Å². The molecule has 1 aliphatic rings. The summed E-state index contributed by atoms with van der Waals surface area (Å²) in [6, 6.07) is 11.5. The summed E-state index contributed by atoms with van der Waals surface area (Å²) < 4.78 is 29.9. The third kappa shape index (κ3) is 3.17. The average molecular weight is 383 g/mol. The Bertz CT molecular complexity index is 1020. The lowest BCUT2D eigenvalue weighted by Crippen LogP contribution is -2.24. The first-order valence-electron chi connectivity index (χ1n) is 8.71. The van der Waals surface area contributed by atoms with Crippen molar-refractivity contribution < 1.29 is 23.2 Å². The Morgan fingerprint density at radius 3 is 2.75 bits per heavy atom. The molecule has 1 aliphatic heterocycles. The summed E-state index contributed by atoms with van der Waals surface area (Å²) in [4.78, 5) is 18.5. The zero-order valence-electron chi connectivity index (χ0n) is 15.4. The van der Waals surface area contributed by atoms with Crippen LogP contribution in [0.4, 0.5) is 10.1 Å². The van der Waals surface area contributed by atoms with Gasteiger partial charge in [-0.3, -0.25) is 4.79 Å². The molecule has 1 aromatic heterocycles. The molecule has 0 bridgehead atoms. The van der Waals surface area contributed by atoms with Gasteiger partial charge in [0.15, 0.2) is 0 Å². The minimum Gasteiger partial charge on any atom is -0.497 e. The first-order chi connectivity index (χ1) is 13.6. The fraction of sp³-hybridized carbons (Fsp3) is 0.250. The third-order valence-electron chi connectivity index (χ3n) is 4.71. The van der Waals surface area contributed by atoms with Crippen LogP contribution in [0.5, 0.6) is 11.5 Å². The highest BCUT2D eigenvalue weighted by molar-refractivity contribution is 5.97. The summed E-state index contributed by atoms with van der Waals surface area (Å²) in [5.74, 6) is 0.845. The van der Waals surface area contributed by atoms with Gasteiger partial charge in [0.05, 0.1) is 31.4 Å². The van der Waals surface area contributed by atoms with E-state index in [1.54, 1.807) is 48.4 Å². The fourth-order valence-electron chi connectivity index (χ4n) is 3.27. The predicted molar refractivity (Wildman–Crippen MR) is 98.9 cm³/mol. The topological polar surface area (TPSA) is 77.7 Å². The van der Waals surface area contributed by atoms with Gasteiger partial charge in [-0.25, -0.2) is 4.39 Å². The molecule has 1 saturated heterocycles. The van der Waals surface area contributed by atoms with Gasteiger partial charge in [-0.15, -0.1) is 0 Å². The SMILES string of the molecule is COc1ccc(N2C[C@@H](c3nc(-c4ccccc4F)no3)CC2=O)c(OC)c1. The van der Waals surface area contributed by atoms with Crippen LogP contribution in [-0.4, -0.2) is 36.8 Å². The van der Waals surface area contributed by atoms with Gasteiger partial charge in [0, 0.05) is 19.0 Å². The Kier molecular flexibility index (Phi) is 4.68. The zero-order valence-corrected chi connectivity index (χ0v) is 15.4. The van der Waals surface area contributed by atoms with E-state index in [9.17, 15) is 9.18 Å². The van der Waals surface area contributed by atoms with Crippen LogP contribution in [0.2, 0.25) is 0 Å². The molecule has 8 heteroatoms. The second kappa shape index (κ2) is 7.30. The molecule has 28 heavy (non-hydrogen) atoms. The highest BCUT2D eigenvalue weighted by atomic mass is 19.1. The summed E-state index contributed by atoms with van der Waals surface area (Å²) in [6.45, 7) is 0.362. The molecule has 2 heterocycles. The lowest BCUT2D eigenvalue weighted by Gasteiger charge is -2.19. The Hall–Kier alpha value is -3.42. The molecular formula is C20H18FN3O4. The number of nitrogens with zero attached hydrogens (tertiary/aromatic N) is 3. The molecule has 0 aliphatic carbocycles. The Balaban J connectivity index is 1.59. The molecule has 0 radical (unpaired) electrons. The number of halogens is 1. The van der Waals surface area contributed by atoms with Crippen LogP contribution in [0.15, 0.2) is 47.0 Å². The predicted octanol–water partition coefficient (Wildman–Crippen LogP) is 3.41. The number of ether oxygens (including phenoxy) is 2. The molecular weight excluding hydrogens is 365 g/mol. The molecule has 1 atom stereocenters. The van der Waals surface area contributed by atoms with Crippen molar-refractivity contribution in [2.45, 2.75) is 12.3 Å². The quantitative estimate of drug-likeness (QED) is 0.672. The van der Waals surface area contributed by atoms with Gasteiger partial charge in [0.1, 0.15) is 17.3 Å². The van der Waals surface area contributed by atoms with E-state index in [2.05, 4.69) is 10.1 Å². The van der Waals surface area contributed by atoms with Crippen molar-refractivity contribution in [1.82, 2.24) is 10.1 Å². The fourth-order valence-corrected chi connectivity index (χ4v) is 3.27. The van der Waals surface area contributed by atoms with Crippen LogP contribution in [0, 0.1) is 5.82 Å². The summed E-state index contributed by atoms with van der Waals surface area (Å²) in [6.07, 6.45) is 0.216. The first kappa shape index (κ1) is 18.0. The molecule has 4 rings (SSSR count). The Morgan fingerprint density at radius 1 is 1.18 bits per heavy atom. The molecule has 2 aromatic carbocycles. The number of hydrogen-bond acceptors (Lipinski definition) is 6. The highest BCUT2D eigenvalue weighted by Crippen LogP contribution is 2.38. The maximum Gasteiger partial charge on any atom is 0.232 e. The van der Waals surface area contributed by atoms with E-state index in [4.69, 9.17) is 14.0 Å². The lowest BCUT2D eigenvalue weighted by atomic mass is 10.1. The van der Waals surface area contributed by atoms with Gasteiger partial charge in [0.2, 0.25) is 17.6 Å². The molecule has 1 fully saturated rings. The van der Waals surface area contributed by atoms with E-state index in [1.807, 2.05) is 0 Å². The van der Waals surface area contributed by atoms with Crippen molar-refractivity contribution in [2.24, 2.45) is 0 Å². The van der Waals surface area contributed by atoms with Crippen LogP contribution < -0.4 is 14.4 Å². The maximum atomic E-state index is 13.9. The normalized spacial score (nSPS) is 16.5. The first-order valence-corrected chi connectivity index (χ1v) is 8.71. The summed E-state index contributed by atoms with van der Waals surface area (Å²) in [7, 11) is 3.10. The van der Waals surface area contributed by atoms with Crippen molar-refractivity contribution >= 4 is 11.6 Å². The van der Waals surface area contributed by atoms with Gasteiger partial charge >= 0.3 is 0 Å². The molecule has 1 amide bonds. The second-order valence-corrected chi connectivity index (χ2v) is 6.38. The van der Waals surface area contributed by atoms with Crippen LogP contribution in [0.1, 0.15) is 18.2 Å². The summed E-state index contributed by atoms with van der Waals surface area (Å²) >= 11 is 0. The van der Waals surface area contributed by atoms with Gasteiger partial charge in [-0.2, -0.15) is 4.98 Å². The zero-order chi connectivity index (χ0) is 19.7. The van der Waals surface area contributed by atoms with Crippen molar-refractivity contribution in [2.75, 3.05) is 25.7 Å². The molecule has 0 saturated carbocycles. The van der Waals surface area contributed by atoms with Crippen LogP contribution in [0.3, 0.4) is 0 Å². The minimum absolute atomic E-state index is 0.0842. The molecule has 0 spiro atoms. The smallest absolute Gasteiger partial charge is 0.232 e. The second-order valence-electron chi connectivity index (χ2n) is 6.38. The Labute approximate surface area is 160 Å². The number of carbonyl (C=O) groups excluding carboxylic acids is 1. The molecule has 0 N–H and O–H groups in total. The van der Waals surface area contributed by atoms with Crippen LogP contribution >= 0.6 is 0 Å². The minimum atomic E-state index is -0.429. The summed E-state index contributed by atoms with van der Waals surface area (Å²) in [5, 5.41) is 3.87. The number of benzene rings is 2. The van der Waals surface area contributed by atoms with Crippen molar-refractivity contribution in [1.29, 1.82) is 0 Å². The lowest BCUT2D eigenvalue weighted by molar-refractivity contribution is -0.117. The van der Waals surface area contributed by atoms with Crippen molar-refractivity contribution in [3.8, 4) is 22.9 Å². The average Bonchev–Trinajstić information content (AvgIpc) is 3.34. The van der Waals surface area contributed by atoms with E-state index in [-0.39, 0.29) is 29.6 Å². The molecule has 0 unspecified atom stereocenters. The largest absolute Gasteiger partial charge is 0.497 e. The van der Waals surface area contributed by atoms with Crippen LogP contribution in [-0.2, 0) is 4.79 Å². The van der Waals surface area contributed by atoms with Gasteiger partial charge in [-0.05, 0) is 24.3 Å². The molecule has 3 aromatic rings. The molecule has 144 valence electrons. The highest BCUT2D eigenvalue weighted by Gasteiger charge is 2.36. The van der Waals surface area contributed by atoms with Gasteiger partial charge in [0.25, 0.3) is 0 Å². The van der Waals surface area contributed by atoms with E-state index < -0.39 is 5.82 Å². The summed E-state index contributed by atoms with van der Waals surface area (Å²) in [5.41, 5.74) is 0.903. The number of rotatable bonds is 5. The number of carbonyl (C=O) groups is 1. The monoisotopic (exact) mass is 383 g/mol. The standard InChI is InChI=1S/C20H18FN3O4/c1-26-13-7-8-16(17(10-13)27-2)24-11-12(9-18(24)25)20-22-19(23-28-20)14-5-3-4-6-15(14)21/h3-8,10,12H,9,11H2,1-2H3/t12-/m0/s1. The number of amides is 1. The van der Waals surface area contributed by atoms with E-state index in [0.717, 1.165) is 0 Å². The number of anilines is 1. The maximum absolute atomic E-state index is 13.9.